The first-order valence-electron chi connectivity index (χ1n) is 11.1. The molecule has 0 spiro atoms. The summed E-state index contributed by atoms with van der Waals surface area (Å²) in [5.74, 6) is 0. The molecule has 0 rings (SSSR count). The van der Waals surface area contributed by atoms with Gasteiger partial charge in [-0.2, -0.15) is 0 Å². The Kier molecular flexibility index (Phi) is 19.0. The zero-order chi connectivity index (χ0) is 20.3. The van der Waals surface area contributed by atoms with Crippen molar-refractivity contribution >= 4 is 0 Å². The lowest BCUT2D eigenvalue weighted by atomic mass is 10.1. The van der Waals surface area contributed by atoms with Gasteiger partial charge in [0, 0.05) is 6.61 Å². The highest BCUT2D eigenvalue weighted by molar-refractivity contribution is 4.56. The van der Waals surface area contributed by atoms with Gasteiger partial charge in [0.1, 0.15) is 0 Å². The predicted molar refractivity (Wildman–Crippen MR) is 111 cm³/mol. The third kappa shape index (κ3) is 20.3. The highest BCUT2D eigenvalue weighted by atomic mass is 16.6. The first-order chi connectivity index (χ1) is 13.0. The Balaban J connectivity index is 3.43. The largest absolute Gasteiger partial charge is 0.391 e. The van der Waals surface area contributed by atoms with Gasteiger partial charge in [-0.1, -0.05) is 51.9 Å². The third-order valence-corrected chi connectivity index (χ3v) is 4.35. The number of hydrogen-bond acceptors (Lipinski definition) is 5. The van der Waals surface area contributed by atoms with E-state index in [1.807, 2.05) is 20.8 Å². The summed E-state index contributed by atoms with van der Waals surface area (Å²) in [6, 6.07) is 0. The van der Waals surface area contributed by atoms with E-state index in [4.69, 9.17) is 18.9 Å². The molecule has 0 fully saturated rings. The number of ether oxygens (including phenoxy) is 4. The minimum atomic E-state index is -0.445. The van der Waals surface area contributed by atoms with Crippen LogP contribution in [0, 0.1) is 0 Å². The number of aliphatic hydroxyl groups excluding tert-OH is 1. The number of rotatable bonds is 20. The fourth-order valence-electron chi connectivity index (χ4n) is 2.63. The second-order valence-electron chi connectivity index (χ2n) is 7.83. The summed E-state index contributed by atoms with van der Waals surface area (Å²) in [5, 5.41) is 9.20. The quantitative estimate of drug-likeness (QED) is 0.304. The molecule has 164 valence electrons. The van der Waals surface area contributed by atoms with Crippen molar-refractivity contribution in [3.05, 3.63) is 0 Å². The standard InChI is InChI=1S/C22H46O5/c1-6-7-8-9-10-11-12-13-14-24-16-20(3)26-18-22(5)27-17-21(4)25-15-19(2)23/h19-23H,6-18H2,1-5H3. The lowest BCUT2D eigenvalue weighted by molar-refractivity contribution is -0.0867. The van der Waals surface area contributed by atoms with Crippen LogP contribution in [0.1, 0.15) is 86.0 Å². The van der Waals surface area contributed by atoms with E-state index in [-0.39, 0.29) is 18.3 Å². The van der Waals surface area contributed by atoms with Crippen LogP contribution < -0.4 is 0 Å². The molecule has 0 saturated heterocycles. The van der Waals surface area contributed by atoms with E-state index in [2.05, 4.69) is 6.92 Å². The van der Waals surface area contributed by atoms with E-state index in [1.54, 1.807) is 6.92 Å². The molecule has 0 aromatic heterocycles. The molecule has 27 heavy (non-hydrogen) atoms. The van der Waals surface area contributed by atoms with Gasteiger partial charge < -0.3 is 24.1 Å². The van der Waals surface area contributed by atoms with Crippen LogP contribution in [-0.2, 0) is 18.9 Å². The van der Waals surface area contributed by atoms with Crippen molar-refractivity contribution in [2.45, 2.75) is 110 Å². The molecule has 1 N–H and O–H groups in total. The molecule has 0 amide bonds. The number of hydrogen-bond donors (Lipinski definition) is 1. The molecule has 0 saturated carbocycles. The fraction of sp³-hybridized carbons (Fsp3) is 1.00. The summed E-state index contributed by atoms with van der Waals surface area (Å²) in [5.41, 5.74) is 0. The zero-order valence-electron chi connectivity index (χ0n) is 18.6. The summed E-state index contributed by atoms with van der Waals surface area (Å²) in [6.45, 7) is 12.8. The Bertz CT molecular complexity index is 298. The number of unbranched alkanes of at least 4 members (excludes halogenated alkanes) is 7. The monoisotopic (exact) mass is 390 g/mol. The third-order valence-electron chi connectivity index (χ3n) is 4.35. The van der Waals surface area contributed by atoms with Crippen molar-refractivity contribution in [2.24, 2.45) is 0 Å². The summed E-state index contributed by atoms with van der Waals surface area (Å²) < 4.78 is 22.7. The van der Waals surface area contributed by atoms with Gasteiger partial charge in [-0.05, 0) is 34.1 Å². The molecule has 0 bridgehead atoms. The minimum Gasteiger partial charge on any atom is -0.391 e. The van der Waals surface area contributed by atoms with Gasteiger partial charge in [-0.25, -0.2) is 0 Å². The van der Waals surface area contributed by atoms with E-state index in [0.29, 0.717) is 26.4 Å². The smallest absolute Gasteiger partial charge is 0.0781 e. The highest BCUT2D eigenvalue weighted by Crippen LogP contribution is 2.08. The van der Waals surface area contributed by atoms with Gasteiger partial charge in [0.15, 0.2) is 0 Å². The van der Waals surface area contributed by atoms with Crippen molar-refractivity contribution in [1.29, 1.82) is 0 Å². The summed E-state index contributed by atoms with van der Waals surface area (Å²) in [4.78, 5) is 0. The normalized spacial score (nSPS) is 16.2. The summed E-state index contributed by atoms with van der Waals surface area (Å²) >= 11 is 0. The van der Waals surface area contributed by atoms with Crippen molar-refractivity contribution in [1.82, 2.24) is 0 Å². The predicted octanol–water partition coefficient (Wildman–Crippen LogP) is 4.74. The summed E-state index contributed by atoms with van der Waals surface area (Å²) in [6.07, 6.45) is 10.2. The Labute approximate surface area is 168 Å². The molecule has 0 radical (unpaired) electrons. The lowest BCUT2D eigenvalue weighted by Gasteiger charge is -2.20. The second kappa shape index (κ2) is 19.1. The molecule has 5 nitrogen and oxygen atoms in total. The van der Waals surface area contributed by atoms with E-state index in [1.165, 1.54) is 44.9 Å². The maximum atomic E-state index is 9.20. The van der Waals surface area contributed by atoms with Crippen LogP contribution >= 0.6 is 0 Å². The van der Waals surface area contributed by atoms with E-state index < -0.39 is 6.10 Å². The van der Waals surface area contributed by atoms with Crippen LogP contribution in [0.2, 0.25) is 0 Å². The van der Waals surface area contributed by atoms with E-state index >= 15 is 0 Å². The maximum absolute atomic E-state index is 9.20. The molecule has 0 aromatic rings. The molecule has 0 aromatic carbocycles. The van der Waals surface area contributed by atoms with Crippen molar-refractivity contribution in [3.8, 4) is 0 Å². The van der Waals surface area contributed by atoms with Crippen LogP contribution in [0.15, 0.2) is 0 Å². The van der Waals surface area contributed by atoms with Crippen LogP contribution in [-0.4, -0.2) is 62.6 Å². The van der Waals surface area contributed by atoms with Gasteiger partial charge in [0.2, 0.25) is 0 Å². The van der Waals surface area contributed by atoms with Crippen LogP contribution in [0.3, 0.4) is 0 Å². The topological polar surface area (TPSA) is 57.2 Å². The Hall–Kier alpha value is -0.200. The van der Waals surface area contributed by atoms with Crippen molar-refractivity contribution in [2.75, 3.05) is 33.0 Å². The van der Waals surface area contributed by atoms with Gasteiger partial charge in [-0.3, -0.25) is 0 Å². The molecule has 4 unspecified atom stereocenters. The van der Waals surface area contributed by atoms with Gasteiger partial charge >= 0.3 is 0 Å². The van der Waals surface area contributed by atoms with Crippen molar-refractivity contribution in [3.63, 3.8) is 0 Å². The Morgan fingerprint density at radius 2 is 1.04 bits per heavy atom. The van der Waals surface area contributed by atoms with Gasteiger partial charge in [0.05, 0.1) is 50.8 Å². The number of aliphatic hydroxyl groups is 1. The Morgan fingerprint density at radius 3 is 1.56 bits per heavy atom. The maximum Gasteiger partial charge on any atom is 0.0781 e. The van der Waals surface area contributed by atoms with Crippen LogP contribution in [0.25, 0.3) is 0 Å². The molecule has 0 heterocycles. The Morgan fingerprint density at radius 1 is 0.593 bits per heavy atom. The lowest BCUT2D eigenvalue weighted by Crippen LogP contribution is -2.27. The SMILES string of the molecule is CCCCCCCCCCOCC(C)OCC(C)OCC(C)OCC(C)O. The van der Waals surface area contributed by atoms with Crippen LogP contribution in [0.4, 0.5) is 0 Å². The van der Waals surface area contributed by atoms with Gasteiger partial charge in [-0.15, -0.1) is 0 Å². The highest BCUT2D eigenvalue weighted by Gasteiger charge is 2.10. The van der Waals surface area contributed by atoms with Crippen molar-refractivity contribution < 1.29 is 24.1 Å². The second-order valence-corrected chi connectivity index (χ2v) is 7.83. The first-order valence-corrected chi connectivity index (χ1v) is 11.1. The molecule has 4 atom stereocenters. The van der Waals surface area contributed by atoms with E-state index in [9.17, 15) is 5.11 Å². The molecule has 0 aliphatic carbocycles. The summed E-state index contributed by atoms with van der Waals surface area (Å²) in [7, 11) is 0. The zero-order valence-corrected chi connectivity index (χ0v) is 18.6. The average molecular weight is 391 g/mol. The fourth-order valence-corrected chi connectivity index (χ4v) is 2.63. The van der Waals surface area contributed by atoms with E-state index in [0.717, 1.165) is 13.0 Å². The molecule has 0 aliphatic heterocycles. The van der Waals surface area contributed by atoms with Gasteiger partial charge in [0.25, 0.3) is 0 Å². The molecular formula is C22H46O5. The molecular weight excluding hydrogens is 344 g/mol. The molecule has 0 aliphatic rings. The van der Waals surface area contributed by atoms with Crippen LogP contribution in [0.5, 0.6) is 0 Å². The molecule has 5 heteroatoms. The average Bonchev–Trinajstić information content (AvgIpc) is 2.64. The first kappa shape index (κ1) is 26.8. The minimum absolute atomic E-state index is 0.0118.